The van der Waals surface area contributed by atoms with E-state index in [2.05, 4.69) is 5.32 Å². The topological polar surface area (TPSA) is 92.8 Å². The Kier molecular flexibility index (Phi) is 6.56. The number of carbonyl (C=O) groups is 2. The Morgan fingerprint density at radius 2 is 1.87 bits per heavy atom. The monoisotopic (exact) mass is 428 g/mol. The molecular formula is C22H24N2O5S. The number of amides is 2. The summed E-state index contributed by atoms with van der Waals surface area (Å²) >= 11 is 0. The van der Waals surface area contributed by atoms with Crippen LogP contribution in [0.15, 0.2) is 65.3 Å². The van der Waals surface area contributed by atoms with Crippen molar-refractivity contribution >= 4 is 21.8 Å². The summed E-state index contributed by atoms with van der Waals surface area (Å²) in [6, 6.07) is 13.5. The molecule has 0 aliphatic carbocycles. The number of carbonyl (C=O) groups excluding carboxylic acids is 2. The standard InChI is InChI=1S/C22H24N2O5S/c1-3-30(27,28)20-9-7-17(8-10-20)14-21(25)23-18-11-12-24(15-18)22(26)29-19-6-4-5-16(2)13-19/h4-10,13,15H,3,11-12,14H2,1-2H3,(H,23,25). The maximum Gasteiger partial charge on any atom is 0.419 e. The van der Waals surface area contributed by atoms with Crippen molar-refractivity contribution in [1.29, 1.82) is 0 Å². The maximum atomic E-state index is 12.3. The van der Waals surface area contributed by atoms with E-state index in [1.54, 1.807) is 37.4 Å². The van der Waals surface area contributed by atoms with Crippen LogP contribution in [0, 0.1) is 6.92 Å². The zero-order chi connectivity index (χ0) is 21.7. The van der Waals surface area contributed by atoms with E-state index < -0.39 is 15.9 Å². The average molecular weight is 429 g/mol. The highest BCUT2D eigenvalue weighted by atomic mass is 32.2. The van der Waals surface area contributed by atoms with Gasteiger partial charge in [0.25, 0.3) is 0 Å². The molecule has 8 heteroatoms. The number of rotatable bonds is 6. The Morgan fingerprint density at radius 1 is 1.13 bits per heavy atom. The second kappa shape index (κ2) is 9.13. The van der Waals surface area contributed by atoms with Crippen molar-refractivity contribution in [1.82, 2.24) is 10.2 Å². The van der Waals surface area contributed by atoms with Crippen LogP contribution in [0.1, 0.15) is 24.5 Å². The first kappa shape index (κ1) is 21.6. The molecule has 1 aliphatic rings. The van der Waals surface area contributed by atoms with Crippen LogP contribution in [-0.2, 0) is 21.1 Å². The average Bonchev–Trinajstić information content (AvgIpc) is 3.17. The zero-order valence-electron chi connectivity index (χ0n) is 16.9. The van der Waals surface area contributed by atoms with Gasteiger partial charge in [-0.3, -0.25) is 9.69 Å². The molecule has 0 aromatic heterocycles. The molecule has 1 heterocycles. The first-order valence-electron chi connectivity index (χ1n) is 9.64. The van der Waals surface area contributed by atoms with Gasteiger partial charge < -0.3 is 10.1 Å². The number of nitrogens with zero attached hydrogens (tertiary/aromatic N) is 1. The molecule has 0 spiro atoms. The molecule has 2 aromatic rings. The number of benzene rings is 2. The molecule has 7 nitrogen and oxygen atoms in total. The lowest BCUT2D eigenvalue weighted by atomic mass is 10.1. The van der Waals surface area contributed by atoms with Crippen LogP contribution in [-0.4, -0.2) is 37.6 Å². The normalized spacial score (nSPS) is 13.7. The van der Waals surface area contributed by atoms with Crippen molar-refractivity contribution in [2.45, 2.75) is 31.6 Å². The summed E-state index contributed by atoms with van der Waals surface area (Å²) in [5.41, 5.74) is 2.33. The molecule has 0 fully saturated rings. The Morgan fingerprint density at radius 3 is 2.53 bits per heavy atom. The zero-order valence-corrected chi connectivity index (χ0v) is 17.7. The van der Waals surface area contributed by atoms with Gasteiger partial charge in [-0.05, 0) is 42.3 Å². The van der Waals surface area contributed by atoms with Gasteiger partial charge in [-0.2, -0.15) is 0 Å². The van der Waals surface area contributed by atoms with Crippen molar-refractivity contribution in [3.8, 4) is 5.75 Å². The van der Waals surface area contributed by atoms with Gasteiger partial charge in [0.2, 0.25) is 5.91 Å². The third-order valence-corrected chi connectivity index (χ3v) is 6.44. The van der Waals surface area contributed by atoms with E-state index in [1.165, 1.54) is 17.0 Å². The molecule has 1 aliphatic heterocycles. The SMILES string of the molecule is CCS(=O)(=O)c1ccc(CC(=O)NC2=CN(C(=O)Oc3cccc(C)c3)CC2)cc1. The molecule has 0 saturated heterocycles. The smallest absolute Gasteiger partial charge is 0.410 e. The molecule has 0 saturated carbocycles. The van der Waals surface area contributed by atoms with Gasteiger partial charge in [0, 0.05) is 24.9 Å². The Labute approximate surface area is 176 Å². The summed E-state index contributed by atoms with van der Waals surface area (Å²) in [5, 5.41) is 2.80. The lowest BCUT2D eigenvalue weighted by Crippen LogP contribution is -2.27. The van der Waals surface area contributed by atoms with E-state index in [1.807, 2.05) is 19.1 Å². The molecule has 30 heavy (non-hydrogen) atoms. The lowest BCUT2D eigenvalue weighted by molar-refractivity contribution is -0.119. The summed E-state index contributed by atoms with van der Waals surface area (Å²) in [6.07, 6.45) is 1.70. The second-order valence-electron chi connectivity index (χ2n) is 7.05. The predicted molar refractivity (Wildman–Crippen MR) is 113 cm³/mol. The number of nitrogens with one attached hydrogen (secondary N) is 1. The fraction of sp³-hybridized carbons (Fsp3) is 0.273. The lowest BCUT2D eigenvalue weighted by Gasteiger charge is -2.13. The van der Waals surface area contributed by atoms with Crippen molar-refractivity contribution < 1.29 is 22.7 Å². The van der Waals surface area contributed by atoms with Gasteiger partial charge in [0.1, 0.15) is 5.75 Å². The van der Waals surface area contributed by atoms with Crippen molar-refractivity contribution in [3.05, 3.63) is 71.6 Å². The van der Waals surface area contributed by atoms with Crippen LogP contribution in [0.4, 0.5) is 4.79 Å². The second-order valence-corrected chi connectivity index (χ2v) is 9.33. The van der Waals surface area contributed by atoms with E-state index in [-0.39, 0.29) is 23.0 Å². The van der Waals surface area contributed by atoms with E-state index >= 15 is 0 Å². The third-order valence-electron chi connectivity index (χ3n) is 4.69. The van der Waals surface area contributed by atoms with Crippen LogP contribution in [0.5, 0.6) is 5.75 Å². The molecule has 0 radical (unpaired) electrons. The highest BCUT2D eigenvalue weighted by Crippen LogP contribution is 2.18. The van der Waals surface area contributed by atoms with Crippen molar-refractivity contribution in [2.75, 3.05) is 12.3 Å². The molecule has 0 atom stereocenters. The minimum Gasteiger partial charge on any atom is -0.410 e. The molecule has 2 amide bonds. The molecule has 0 bridgehead atoms. The fourth-order valence-corrected chi connectivity index (χ4v) is 3.91. The molecule has 158 valence electrons. The summed E-state index contributed by atoms with van der Waals surface area (Å²) in [7, 11) is -3.26. The van der Waals surface area contributed by atoms with Crippen molar-refractivity contribution in [2.24, 2.45) is 0 Å². The molecule has 0 unspecified atom stereocenters. The molecular weight excluding hydrogens is 404 g/mol. The summed E-state index contributed by atoms with van der Waals surface area (Å²) in [6.45, 7) is 3.92. The van der Waals surface area contributed by atoms with E-state index in [0.717, 1.165) is 5.56 Å². The van der Waals surface area contributed by atoms with E-state index in [0.29, 0.717) is 30.0 Å². The summed E-state index contributed by atoms with van der Waals surface area (Å²) < 4.78 is 29.1. The first-order chi connectivity index (χ1) is 14.3. The van der Waals surface area contributed by atoms with Gasteiger partial charge in [-0.15, -0.1) is 0 Å². The molecule has 2 aromatic carbocycles. The van der Waals surface area contributed by atoms with Crippen molar-refractivity contribution in [3.63, 3.8) is 0 Å². The van der Waals surface area contributed by atoms with Crippen LogP contribution in [0.2, 0.25) is 0 Å². The minimum absolute atomic E-state index is 0.0315. The molecule has 1 N–H and O–H groups in total. The number of hydrogen-bond donors (Lipinski definition) is 1. The highest BCUT2D eigenvalue weighted by molar-refractivity contribution is 7.91. The van der Waals surface area contributed by atoms with Crippen LogP contribution in [0.25, 0.3) is 0 Å². The number of hydrogen-bond acceptors (Lipinski definition) is 5. The van der Waals surface area contributed by atoms with Gasteiger partial charge in [0.05, 0.1) is 17.1 Å². The molecule has 3 rings (SSSR count). The van der Waals surface area contributed by atoms with Crippen LogP contribution < -0.4 is 10.1 Å². The Balaban J connectivity index is 1.55. The Bertz CT molecular complexity index is 1070. The highest BCUT2D eigenvalue weighted by Gasteiger charge is 2.22. The minimum atomic E-state index is -3.26. The van der Waals surface area contributed by atoms with Gasteiger partial charge in [-0.1, -0.05) is 31.2 Å². The number of ether oxygens (including phenoxy) is 1. The third kappa shape index (κ3) is 5.48. The number of sulfone groups is 1. The quantitative estimate of drug-likeness (QED) is 0.763. The fourth-order valence-electron chi connectivity index (χ4n) is 3.03. The summed E-state index contributed by atoms with van der Waals surface area (Å²) in [5.74, 6) is 0.268. The van der Waals surface area contributed by atoms with Gasteiger partial charge in [0.15, 0.2) is 9.84 Å². The Hall–Kier alpha value is -3.13. The number of aryl methyl sites for hydroxylation is 1. The van der Waals surface area contributed by atoms with E-state index in [4.69, 9.17) is 4.74 Å². The van der Waals surface area contributed by atoms with Crippen LogP contribution >= 0.6 is 0 Å². The largest absolute Gasteiger partial charge is 0.419 e. The predicted octanol–water partition coefficient (Wildman–Crippen LogP) is 3.19. The maximum absolute atomic E-state index is 12.3. The summed E-state index contributed by atoms with van der Waals surface area (Å²) in [4.78, 5) is 26.3. The van der Waals surface area contributed by atoms with E-state index in [9.17, 15) is 18.0 Å². The van der Waals surface area contributed by atoms with Gasteiger partial charge >= 0.3 is 6.09 Å². The first-order valence-corrected chi connectivity index (χ1v) is 11.3. The van der Waals surface area contributed by atoms with Gasteiger partial charge in [-0.25, -0.2) is 13.2 Å². The van der Waals surface area contributed by atoms with Crippen LogP contribution in [0.3, 0.4) is 0 Å².